The molecule has 2 aromatic rings. The van der Waals surface area contributed by atoms with E-state index in [0.717, 1.165) is 24.4 Å². The van der Waals surface area contributed by atoms with Gasteiger partial charge in [0.1, 0.15) is 5.82 Å². The van der Waals surface area contributed by atoms with Gasteiger partial charge in [0.05, 0.1) is 11.8 Å². The fourth-order valence-electron chi connectivity index (χ4n) is 3.36. The van der Waals surface area contributed by atoms with Crippen LogP contribution in [0.25, 0.3) is 11.6 Å². The minimum Gasteiger partial charge on any atom is -0.461 e. The molecular formula is C18H28N4O. The van der Waals surface area contributed by atoms with E-state index in [0.29, 0.717) is 11.9 Å². The lowest BCUT2D eigenvalue weighted by Crippen LogP contribution is -2.36. The number of aryl methyl sites for hydroxylation is 1. The minimum absolute atomic E-state index is 0.0777. The number of rotatable bonds is 4. The highest BCUT2D eigenvalue weighted by atomic mass is 16.3. The second-order valence-electron chi connectivity index (χ2n) is 7.58. The molecular weight excluding hydrogens is 288 g/mol. The Morgan fingerprint density at radius 1 is 1.30 bits per heavy atom. The number of nitrogens with zero attached hydrogens (tertiary/aromatic N) is 4. The molecule has 0 radical (unpaired) electrons. The summed E-state index contributed by atoms with van der Waals surface area (Å²) in [6, 6.07) is 4.46. The Hall–Kier alpha value is -1.62. The van der Waals surface area contributed by atoms with Crippen LogP contribution in [0.3, 0.4) is 0 Å². The van der Waals surface area contributed by atoms with Crippen LogP contribution in [0, 0.1) is 0 Å². The molecule has 5 heteroatoms. The van der Waals surface area contributed by atoms with E-state index in [1.807, 2.05) is 12.1 Å². The van der Waals surface area contributed by atoms with Gasteiger partial charge in [0.2, 0.25) is 5.82 Å². The van der Waals surface area contributed by atoms with Crippen molar-refractivity contribution in [2.75, 3.05) is 13.6 Å². The molecule has 1 atom stereocenters. The lowest BCUT2D eigenvalue weighted by Gasteiger charge is -2.32. The van der Waals surface area contributed by atoms with Crippen molar-refractivity contribution in [2.45, 2.75) is 64.5 Å². The summed E-state index contributed by atoms with van der Waals surface area (Å²) in [7, 11) is 2.24. The van der Waals surface area contributed by atoms with Crippen LogP contribution in [0.4, 0.5) is 0 Å². The molecule has 5 nitrogen and oxygen atoms in total. The zero-order valence-corrected chi connectivity index (χ0v) is 14.7. The Labute approximate surface area is 138 Å². The molecule has 1 fully saturated rings. The van der Waals surface area contributed by atoms with Crippen LogP contribution in [-0.4, -0.2) is 39.3 Å². The van der Waals surface area contributed by atoms with Crippen LogP contribution >= 0.6 is 0 Å². The van der Waals surface area contributed by atoms with Crippen molar-refractivity contribution < 1.29 is 4.42 Å². The van der Waals surface area contributed by atoms with Crippen LogP contribution in [-0.2, 0) is 12.0 Å². The molecule has 0 saturated carbocycles. The van der Waals surface area contributed by atoms with Crippen LogP contribution in [0.2, 0.25) is 0 Å². The molecule has 2 aromatic heterocycles. The van der Waals surface area contributed by atoms with E-state index in [1.54, 1.807) is 6.26 Å². The molecule has 0 amide bonds. The van der Waals surface area contributed by atoms with Gasteiger partial charge in [-0.3, -0.25) is 0 Å². The third-order valence-electron chi connectivity index (χ3n) is 4.67. The first-order valence-electron chi connectivity index (χ1n) is 8.65. The van der Waals surface area contributed by atoms with Gasteiger partial charge in [0, 0.05) is 12.5 Å². The average Bonchev–Trinajstić information content (AvgIpc) is 3.15. The van der Waals surface area contributed by atoms with Gasteiger partial charge >= 0.3 is 0 Å². The summed E-state index contributed by atoms with van der Waals surface area (Å²) in [6.45, 7) is 7.73. The normalized spacial score (nSPS) is 20.1. The van der Waals surface area contributed by atoms with E-state index in [1.165, 1.54) is 25.8 Å². The van der Waals surface area contributed by atoms with Gasteiger partial charge in [-0.15, -0.1) is 5.10 Å². The highest BCUT2D eigenvalue weighted by Gasteiger charge is 2.24. The topological polar surface area (TPSA) is 47.1 Å². The van der Waals surface area contributed by atoms with Crippen LogP contribution in [0.1, 0.15) is 52.3 Å². The fourth-order valence-corrected chi connectivity index (χ4v) is 3.36. The summed E-state index contributed by atoms with van der Waals surface area (Å²) in [5.41, 5.74) is -0.0777. The molecule has 23 heavy (non-hydrogen) atoms. The third-order valence-corrected chi connectivity index (χ3v) is 4.67. The number of hydrogen-bond acceptors (Lipinski definition) is 4. The van der Waals surface area contributed by atoms with Crippen molar-refractivity contribution in [1.82, 2.24) is 19.7 Å². The fraction of sp³-hybridized carbons (Fsp3) is 0.667. The maximum Gasteiger partial charge on any atom is 0.217 e. The molecule has 1 aliphatic heterocycles. The molecule has 0 unspecified atom stereocenters. The Kier molecular flexibility index (Phi) is 4.57. The van der Waals surface area contributed by atoms with Crippen LogP contribution in [0.5, 0.6) is 0 Å². The maximum absolute atomic E-state index is 5.47. The summed E-state index contributed by atoms with van der Waals surface area (Å²) >= 11 is 0. The summed E-state index contributed by atoms with van der Waals surface area (Å²) in [4.78, 5) is 7.26. The highest BCUT2D eigenvalue weighted by molar-refractivity contribution is 5.45. The quantitative estimate of drug-likeness (QED) is 0.862. The standard InChI is InChI=1S/C18H28N4O/c1-18(2,3)22-16(11-10-14-8-5-6-12-21(14)4)19-17(20-22)15-9-7-13-23-15/h7,9,13-14H,5-6,8,10-12H2,1-4H3/t14-/m0/s1. The molecule has 1 aliphatic rings. The van der Waals surface area contributed by atoms with E-state index in [2.05, 4.69) is 37.4 Å². The SMILES string of the molecule is CN1CCCC[C@H]1CCc1nc(-c2ccco2)nn1C(C)(C)C. The zero-order chi connectivity index (χ0) is 16.4. The van der Waals surface area contributed by atoms with Crippen molar-refractivity contribution in [3.63, 3.8) is 0 Å². The van der Waals surface area contributed by atoms with Crippen LogP contribution in [0.15, 0.2) is 22.8 Å². The van der Waals surface area contributed by atoms with Crippen LogP contribution < -0.4 is 0 Å². The van der Waals surface area contributed by atoms with E-state index in [-0.39, 0.29) is 5.54 Å². The summed E-state index contributed by atoms with van der Waals surface area (Å²) < 4.78 is 7.53. The maximum atomic E-state index is 5.47. The molecule has 3 rings (SSSR count). The van der Waals surface area contributed by atoms with Crippen molar-refractivity contribution in [2.24, 2.45) is 0 Å². The van der Waals surface area contributed by atoms with E-state index < -0.39 is 0 Å². The largest absolute Gasteiger partial charge is 0.461 e. The second kappa shape index (κ2) is 6.48. The Morgan fingerprint density at radius 3 is 2.78 bits per heavy atom. The van der Waals surface area contributed by atoms with Crippen molar-refractivity contribution in [1.29, 1.82) is 0 Å². The predicted octanol–water partition coefficient (Wildman–Crippen LogP) is 3.71. The number of likely N-dealkylation sites (tertiary alicyclic amines) is 1. The van der Waals surface area contributed by atoms with Gasteiger partial charge in [-0.25, -0.2) is 9.67 Å². The van der Waals surface area contributed by atoms with Gasteiger partial charge in [-0.1, -0.05) is 6.42 Å². The Morgan fingerprint density at radius 2 is 2.13 bits per heavy atom. The van der Waals surface area contributed by atoms with Gasteiger partial charge in [0.25, 0.3) is 0 Å². The molecule has 3 heterocycles. The Bertz CT molecular complexity index is 624. The molecule has 0 N–H and O–H groups in total. The van der Waals surface area contributed by atoms with Crippen molar-refractivity contribution in [3.8, 4) is 11.6 Å². The second-order valence-corrected chi connectivity index (χ2v) is 7.58. The smallest absolute Gasteiger partial charge is 0.217 e. The number of aromatic nitrogens is 3. The van der Waals surface area contributed by atoms with Gasteiger partial charge < -0.3 is 9.32 Å². The van der Waals surface area contributed by atoms with Gasteiger partial charge in [0.15, 0.2) is 5.76 Å². The number of hydrogen-bond donors (Lipinski definition) is 0. The third kappa shape index (κ3) is 3.66. The summed E-state index contributed by atoms with van der Waals surface area (Å²) in [5, 5.41) is 4.70. The zero-order valence-electron chi connectivity index (χ0n) is 14.7. The first-order valence-corrected chi connectivity index (χ1v) is 8.65. The average molecular weight is 316 g/mol. The molecule has 0 aliphatic carbocycles. The molecule has 0 bridgehead atoms. The molecule has 0 aromatic carbocycles. The highest BCUT2D eigenvalue weighted by Crippen LogP contribution is 2.24. The number of piperidine rings is 1. The molecule has 126 valence electrons. The number of furan rings is 1. The van der Waals surface area contributed by atoms with Crippen molar-refractivity contribution >= 4 is 0 Å². The van der Waals surface area contributed by atoms with E-state index in [4.69, 9.17) is 14.5 Å². The van der Waals surface area contributed by atoms with Crippen molar-refractivity contribution in [3.05, 3.63) is 24.2 Å². The lowest BCUT2D eigenvalue weighted by molar-refractivity contribution is 0.174. The lowest BCUT2D eigenvalue weighted by atomic mass is 9.98. The Balaban J connectivity index is 1.79. The first kappa shape index (κ1) is 16.2. The minimum atomic E-state index is -0.0777. The molecule has 1 saturated heterocycles. The summed E-state index contributed by atoms with van der Waals surface area (Å²) in [5.74, 6) is 2.49. The first-order chi connectivity index (χ1) is 10.9. The predicted molar refractivity (Wildman–Crippen MR) is 91.3 cm³/mol. The molecule has 0 spiro atoms. The van der Waals surface area contributed by atoms with Gasteiger partial charge in [-0.05, 0) is 65.8 Å². The van der Waals surface area contributed by atoms with Gasteiger partial charge in [-0.2, -0.15) is 0 Å². The van der Waals surface area contributed by atoms with E-state index in [9.17, 15) is 0 Å². The van der Waals surface area contributed by atoms with E-state index >= 15 is 0 Å². The monoisotopic (exact) mass is 316 g/mol. The summed E-state index contributed by atoms with van der Waals surface area (Å²) in [6.07, 6.45) is 7.74.